The number of carbonyl (C=O) groups is 2. The third kappa shape index (κ3) is 5.56. The van der Waals surface area contributed by atoms with Crippen LogP contribution in [0.5, 0.6) is 0 Å². The topological polar surface area (TPSA) is 103 Å². The largest absolute Gasteiger partial charge is 0.461 e. The van der Waals surface area contributed by atoms with Gasteiger partial charge in [0.05, 0.1) is 30.4 Å². The van der Waals surface area contributed by atoms with Crippen LogP contribution in [0.1, 0.15) is 22.4 Å². The van der Waals surface area contributed by atoms with Crippen LogP contribution < -0.4 is 0 Å². The van der Waals surface area contributed by atoms with Crippen LogP contribution in [0.3, 0.4) is 0 Å². The van der Waals surface area contributed by atoms with Gasteiger partial charge in [0.15, 0.2) is 9.84 Å². The second-order valence-electron chi connectivity index (χ2n) is 4.95. The average Bonchev–Trinajstić information content (AvgIpc) is 2.97. The van der Waals surface area contributed by atoms with Crippen molar-refractivity contribution < 1.29 is 27.5 Å². The predicted octanol–water partition coefficient (Wildman–Crippen LogP) is 0.0934. The lowest BCUT2D eigenvalue weighted by atomic mass is 10.4. The van der Waals surface area contributed by atoms with Gasteiger partial charge in [0.25, 0.3) is 0 Å². The van der Waals surface area contributed by atoms with E-state index in [1.165, 1.54) is 0 Å². The van der Waals surface area contributed by atoms with Crippen molar-refractivity contribution in [2.75, 3.05) is 37.7 Å². The van der Waals surface area contributed by atoms with Crippen molar-refractivity contribution in [2.45, 2.75) is 13.5 Å². The van der Waals surface area contributed by atoms with Gasteiger partial charge in [-0.3, -0.25) is 9.69 Å². The Morgan fingerprint density at radius 3 is 2.65 bits per heavy atom. The summed E-state index contributed by atoms with van der Waals surface area (Å²) in [4.78, 5) is 29.0. The van der Waals surface area contributed by atoms with Crippen molar-refractivity contribution in [3.05, 3.63) is 16.1 Å². The molecule has 2 rings (SSSR count). The standard InChI is InChI=1S/C13H18N2O6S2/c1-2-20-13(17)12-14-10(9-22-12)8-21-11(16)7-15-3-5-23(18,19)6-4-15/h9H,2-8H2,1H3. The first-order chi connectivity index (χ1) is 10.9. The van der Waals surface area contributed by atoms with E-state index in [0.29, 0.717) is 18.8 Å². The third-order valence-electron chi connectivity index (χ3n) is 3.17. The number of thiazole rings is 1. The molecule has 2 heterocycles. The van der Waals surface area contributed by atoms with E-state index in [1.807, 2.05) is 0 Å². The number of esters is 2. The number of hydrogen-bond acceptors (Lipinski definition) is 9. The van der Waals surface area contributed by atoms with Gasteiger partial charge in [-0.25, -0.2) is 18.2 Å². The van der Waals surface area contributed by atoms with Crippen molar-refractivity contribution in [1.82, 2.24) is 9.88 Å². The highest BCUT2D eigenvalue weighted by atomic mass is 32.2. The Bertz CT molecular complexity index is 656. The predicted molar refractivity (Wildman–Crippen MR) is 83.0 cm³/mol. The molecular formula is C13H18N2O6S2. The van der Waals surface area contributed by atoms with Crippen molar-refractivity contribution in [3.63, 3.8) is 0 Å². The smallest absolute Gasteiger partial charge is 0.367 e. The molecule has 1 fully saturated rings. The highest BCUT2D eigenvalue weighted by molar-refractivity contribution is 7.91. The van der Waals surface area contributed by atoms with Crippen LogP contribution in [-0.2, 0) is 30.7 Å². The molecule has 8 nitrogen and oxygen atoms in total. The van der Waals surface area contributed by atoms with Gasteiger partial charge in [-0.2, -0.15) is 0 Å². The summed E-state index contributed by atoms with van der Waals surface area (Å²) in [5, 5.41) is 1.85. The number of hydrogen-bond donors (Lipinski definition) is 0. The first kappa shape index (κ1) is 17.8. The Labute approximate surface area is 138 Å². The molecule has 0 unspecified atom stereocenters. The maximum atomic E-state index is 11.8. The summed E-state index contributed by atoms with van der Waals surface area (Å²) in [6.45, 7) is 2.67. The lowest BCUT2D eigenvalue weighted by Gasteiger charge is -2.25. The highest BCUT2D eigenvalue weighted by Gasteiger charge is 2.23. The van der Waals surface area contributed by atoms with Gasteiger partial charge >= 0.3 is 11.9 Å². The van der Waals surface area contributed by atoms with Crippen LogP contribution in [0.4, 0.5) is 0 Å². The van der Waals surface area contributed by atoms with E-state index in [9.17, 15) is 18.0 Å². The lowest BCUT2D eigenvalue weighted by Crippen LogP contribution is -2.43. The molecule has 0 atom stereocenters. The zero-order valence-corrected chi connectivity index (χ0v) is 14.3. The quantitative estimate of drug-likeness (QED) is 0.656. The zero-order valence-electron chi connectivity index (χ0n) is 12.7. The van der Waals surface area contributed by atoms with Crippen LogP contribution in [-0.4, -0.2) is 68.0 Å². The number of ether oxygens (including phenoxy) is 2. The highest BCUT2D eigenvalue weighted by Crippen LogP contribution is 2.12. The molecule has 0 radical (unpaired) electrons. The molecule has 1 aliphatic heterocycles. The van der Waals surface area contributed by atoms with E-state index in [4.69, 9.17) is 9.47 Å². The monoisotopic (exact) mass is 362 g/mol. The van der Waals surface area contributed by atoms with E-state index in [0.717, 1.165) is 11.3 Å². The second kappa shape index (κ2) is 7.84. The molecular weight excluding hydrogens is 344 g/mol. The van der Waals surface area contributed by atoms with Gasteiger partial charge in [0.2, 0.25) is 5.01 Å². The Morgan fingerprint density at radius 1 is 1.30 bits per heavy atom. The fraction of sp³-hybridized carbons (Fsp3) is 0.615. The lowest BCUT2D eigenvalue weighted by molar-refractivity contribution is -0.146. The van der Waals surface area contributed by atoms with Gasteiger partial charge < -0.3 is 9.47 Å². The number of rotatable bonds is 6. The Morgan fingerprint density at radius 2 is 2.00 bits per heavy atom. The number of carbonyl (C=O) groups excluding carboxylic acids is 2. The summed E-state index contributed by atoms with van der Waals surface area (Å²) < 4.78 is 32.5. The van der Waals surface area contributed by atoms with Gasteiger partial charge in [0, 0.05) is 18.5 Å². The van der Waals surface area contributed by atoms with Gasteiger partial charge in [0.1, 0.15) is 6.61 Å². The first-order valence-corrected chi connectivity index (χ1v) is 9.79. The normalized spacial score (nSPS) is 17.6. The number of aromatic nitrogens is 1. The second-order valence-corrected chi connectivity index (χ2v) is 8.11. The van der Waals surface area contributed by atoms with Crippen LogP contribution >= 0.6 is 11.3 Å². The average molecular weight is 362 g/mol. The van der Waals surface area contributed by atoms with Crippen molar-refractivity contribution >= 4 is 33.1 Å². The summed E-state index contributed by atoms with van der Waals surface area (Å²) in [5.74, 6) is -0.815. The van der Waals surface area contributed by atoms with Crippen LogP contribution in [0.15, 0.2) is 5.38 Å². The zero-order chi connectivity index (χ0) is 16.9. The van der Waals surface area contributed by atoms with Crippen LogP contribution in [0.2, 0.25) is 0 Å². The Balaban J connectivity index is 1.75. The molecule has 0 aliphatic carbocycles. The first-order valence-electron chi connectivity index (χ1n) is 7.09. The molecule has 0 N–H and O–H groups in total. The minimum absolute atomic E-state index is 0.0269. The minimum atomic E-state index is -2.96. The van der Waals surface area contributed by atoms with Crippen molar-refractivity contribution in [2.24, 2.45) is 0 Å². The molecule has 1 aromatic heterocycles. The Hall–Kier alpha value is -1.52. The molecule has 1 saturated heterocycles. The van der Waals surface area contributed by atoms with E-state index < -0.39 is 21.8 Å². The summed E-state index contributed by atoms with van der Waals surface area (Å²) in [5.41, 5.74) is 0.479. The fourth-order valence-corrected chi connectivity index (χ4v) is 3.92. The molecule has 10 heteroatoms. The van der Waals surface area contributed by atoms with Crippen molar-refractivity contribution in [1.29, 1.82) is 0 Å². The van der Waals surface area contributed by atoms with Gasteiger partial charge in [-0.15, -0.1) is 11.3 Å². The Kier molecular flexibility index (Phi) is 6.08. The molecule has 1 aliphatic rings. The molecule has 0 saturated carbocycles. The maximum absolute atomic E-state index is 11.8. The molecule has 128 valence electrons. The number of nitrogens with zero attached hydrogens (tertiary/aromatic N) is 2. The maximum Gasteiger partial charge on any atom is 0.367 e. The van der Waals surface area contributed by atoms with Gasteiger partial charge in [-0.1, -0.05) is 0 Å². The van der Waals surface area contributed by atoms with Crippen molar-refractivity contribution in [3.8, 4) is 0 Å². The summed E-state index contributed by atoms with van der Waals surface area (Å²) in [6, 6.07) is 0. The summed E-state index contributed by atoms with van der Waals surface area (Å²) >= 11 is 1.13. The van der Waals surface area contributed by atoms with E-state index in [2.05, 4.69) is 4.98 Å². The molecule has 0 aromatic carbocycles. The third-order valence-corrected chi connectivity index (χ3v) is 5.65. The van der Waals surface area contributed by atoms with E-state index >= 15 is 0 Å². The van der Waals surface area contributed by atoms with Gasteiger partial charge in [-0.05, 0) is 6.92 Å². The molecule has 0 bridgehead atoms. The number of sulfone groups is 1. The fourth-order valence-electron chi connectivity index (χ4n) is 1.95. The summed E-state index contributed by atoms with van der Waals surface area (Å²) in [6.07, 6.45) is 0. The molecule has 0 amide bonds. The SMILES string of the molecule is CCOC(=O)c1nc(COC(=O)CN2CCS(=O)(=O)CC2)cs1. The van der Waals surface area contributed by atoms with E-state index in [1.54, 1.807) is 17.2 Å². The van der Waals surface area contributed by atoms with E-state index in [-0.39, 0.29) is 36.3 Å². The molecule has 23 heavy (non-hydrogen) atoms. The summed E-state index contributed by atoms with van der Waals surface area (Å²) in [7, 11) is -2.96. The molecule has 0 spiro atoms. The molecule has 1 aromatic rings. The minimum Gasteiger partial charge on any atom is -0.461 e. The van der Waals surface area contributed by atoms with Crippen LogP contribution in [0.25, 0.3) is 0 Å². The van der Waals surface area contributed by atoms with Crippen LogP contribution in [0, 0.1) is 0 Å².